The first-order valence-corrected chi connectivity index (χ1v) is 11.0. The highest BCUT2D eigenvalue weighted by Crippen LogP contribution is 2.26. The zero-order valence-electron chi connectivity index (χ0n) is 18.1. The van der Waals surface area contributed by atoms with Gasteiger partial charge in [-0.2, -0.15) is 0 Å². The van der Waals surface area contributed by atoms with Gasteiger partial charge in [-0.25, -0.2) is 4.79 Å². The first kappa shape index (κ1) is 22.8. The molecule has 0 unspecified atom stereocenters. The number of amides is 3. The number of anilines is 1. The monoisotopic (exact) mass is 444 g/mol. The van der Waals surface area contributed by atoms with Gasteiger partial charge < -0.3 is 20.0 Å². The van der Waals surface area contributed by atoms with Crippen LogP contribution in [-0.2, 0) is 4.79 Å². The van der Waals surface area contributed by atoms with Crippen LogP contribution in [0.25, 0.3) is 11.3 Å². The number of rotatable bonds is 7. The van der Waals surface area contributed by atoms with Crippen LogP contribution in [0.1, 0.15) is 20.3 Å². The first-order chi connectivity index (χ1) is 15.0. The van der Waals surface area contributed by atoms with Crippen LogP contribution in [0.5, 0.6) is 0 Å². The number of urea groups is 1. The molecule has 31 heavy (non-hydrogen) atoms. The lowest BCUT2D eigenvalue weighted by molar-refractivity contribution is -0.132. The Balaban J connectivity index is 1.53. The van der Waals surface area contributed by atoms with Crippen LogP contribution in [-0.4, -0.2) is 77.7 Å². The summed E-state index contributed by atoms with van der Waals surface area (Å²) in [5.41, 5.74) is 1.58. The highest BCUT2D eigenvalue weighted by atomic mass is 35.5. The molecule has 2 heterocycles. The minimum Gasteiger partial charge on any atom is -0.352 e. The van der Waals surface area contributed by atoms with Gasteiger partial charge in [-0.3, -0.25) is 4.79 Å². The molecule has 2 aromatic rings. The number of nitrogens with one attached hydrogen (secondary N) is 1. The molecule has 0 aliphatic carbocycles. The summed E-state index contributed by atoms with van der Waals surface area (Å²) < 4.78 is 0. The van der Waals surface area contributed by atoms with Crippen molar-refractivity contribution in [2.24, 2.45) is 0 Å². The Morgan fingerprint density at radius 2 is 1.81 bits per heavy atom. The molecule has 9 heteroatoms. The second-order valence-corrected chi connectivity index (χ2v) is 7.78. The fraction of sp³-hybridized carbons (Fsp3) is 0.455. The molecule has 1 aliphatic rings. The summed E-state index contributed by atoms with van der Waals surface area (Å²) in [5.74, 6) is 0.741. The minimum absolute atomic E-state index is 0.0340. The van der Waals surface area contributed by atoms with Crippen LogP contribution in [0.3, 0.4) is 0 Å². The van der Waals surface area contributed by atoms with E-state index in [4.69, 9.17) is 11.6 Å². The van der Waals surface area contributed by atoms with Gasteiger partial charge in [-0.1, -0.05) is 36.7 Å². The molecule has 3 rings (SSSR count). The summed E-state index contributed by atoms with van der Waals surface area (Å²) >= 11 is 6.24. The molecule has 0 saturated carbocycles. The third-order valence-corrected chi connectivity index (χ3v) is 5.61. The van der Waals surface area contributed by atoms with Crippen molar-refractivity contribution in [2.75, 3.05) is 50.7 Å². The van der Waals surface area contributed by atoms with E-state index in [1.54, 1.807) is 9.80 Å². The quantitative estimate of drug-likeness (QED) is 0.710. The predicted octanol–water partition coefficient (Wildman–Crippen LogP) is 2.89. The highest BCUT2D eigenvalue weighted by molar-refractivity contribution is 6.33. The molecular formula is C22H29ClN6O2. The number of hydrogen-bond donors (Lipinski definition) is 1. The number of piperazine rings is 1. The van der Waals surface area contributed by atoms with E-state index in [1.165, 1.54) is 0 Å². The molecule has 0 atom stereocenters. The van der Waals surface area contributed by atoms with Gasteiger partial charge in [-0.15, -0.1) is 10.2 Å². The maximum Gasteiger partial charge on any atom is 0.317 e. The van der Waals surface area contributed by atoms with E-state index in [1.807, 2.05) is 50.2 Å². The molecular weight excluding hydrogens is 416 g/mol. The van der Waals surface area contributed by atoms with E-state index in [-0.39, 0.29) is 18.5 Å². The van der Waals surface area contributed by atoms with Crippen molar-refractivity contribution < 1.29 is 9.59 Å². The number of aromatic nitrogens is 2. The molecule has 166 valence electrons. The SMILES string of the molecule is CCCNC(=O)N(CC)CC(=O)N1CCN(c2ccc(-c3ccccc3Cl)nn2)CC1. The second-order valence-electron chi connectivity index (χ2n) is 7.37. The molecule has 1 aromatic carbocycles. The summed E-state index contributed by atoms with van der Waals surface area (Å²) in [6.45, 7) is 7.57. The molecule has 0 spiro atoms. The standard InChI is InChI=1S/C22H29ClN6O2/c1-3-11-24-22(31)27(4-2)16-21(30)29-14-12-28(13-15-29)20-10-9-19(25-26-20)17-7-5-6-8-18(17)23/h5-10H,3-4,11-16H2,1-2H3,(H,24,31). The zero-order valence-corrected chi connectivity index (χ0v) is 18.8. The third kappa shape index (κ3) is 5.85. The Morgan fingerprint density at radius 3 is 2.42 bits per heavy atom. The van der Waals surface area contributed by atoms with E-state index in [9.17, 15) is 9.59 Å². The summed E-state index contributed by atoms with van der Waals surface area (Å²) in [6, 6.07) is 11.2. The maximum atomic E-state index is 12.7. The number of halogens is 1. The van der Waals surface area contributed by atoms with Gasteiger partial charge in [0.1, 0.15) is 6.54 Å². The van der Waals surface area contributed by atoms with Crippen LogP contribution in [0, 0.1) is 0 Å². The molecule has 3 amide bonds. The number of nitrogens with zero attached hydrogens (tertiary/aromatic N) is 5. The van der Waals surface area contributed by atoms with E-state index in [0.717, 1.165) is 23.5 Å². The van der Waals surface area contributed by atoms with Gasteiger partial charge in [0.15, 0.2) is 5.82 Å². The van der Waals surface area contributed by atoms with Crippen molar-refractivity contribution in [1.29, 1.82) is 0 Å². The van der Waals surface area contributed by atoms with Crippen molar-refractivity contribution in [1.82, 2.24) is 25.3 Å². The molecule has 0 bridgehead atoms. The molecule has 1 aromatic heterocycles. The van der Waals surface area contributed by atoms with Crippen molar-refractivity contribution in [3.8, 4) is 11.3 Å². The molecule has 1 fully saturated rings. The van der Waals surface area contributed by atoms with E-state index in [2.05, 4.69) is 20.4 Å². The Hall–Kier alpha value is -2.87. The number of benzene rings is 1. The normalized spacial score (nSPS) is 13.8. The fourth-order valence-corrected chi connectivity index (χ4v) is 3.66. The Labute approximate surface area is 188 Å². The lowest BCUT2D eigenvalue weighted by Crippen LogP contribution is -2.53. The average molecular weight is 445 g/mol. The topological polar surface area (TPSA) is 81.7 Å². The Morgan fingerprint density at radius 1 is 1.06 bits per heavy atom. The molecule has 1 saturated heterocycles. The molecule has 1 N–H and O–H groups in total. The van der Waals surface area contributed by atoms with Crippen LogP contribution < -0.4 is 10.2 Å². The van der Waals surface area contributed by atoms with Gasteiger partial charge in [-0.05, 0) is 31.5 Å². The summed E-state index contributed by atoms with van der Waals surface area (Å²) in [7, 11) is 0. The van der Waals surface area contributed by atoms with Gasteiger partial charge in [0.25, 0.3) is 0 Å². The predicted molar refractivity (Wildman–Crippen MR) is 122 cm³/mol. The maximum absolute atomic E-state index is 12.7. The average Bonchev–Trinajstić information content (AvgIpc) is 2.81. The molecule has 8 nitrogen and oxygen atoms in total. The summed E-state index contributed by atoms with van der Waals surface area (Å²) in [6.07, 6.45) is 0.863. The van der Waals surface area contributed by atoms with E-state index >= 15 is 0 Å². The van der Waals surface area contributed by atoms with Gasteiger partial charge >= 0.3 is 6.03 Å². The van der Waals surface area contributed by atoms with Gasteiger partial charge in [0, 0.05) is 44.8 Å². The molecule has 1 aliphatic heterocycles. The van der Waals surface area contributed by atoms with Crippen LogP contribution in [0.15, 0.2) is 36.4 Å². The number of carbonyl (C=O) groups excluding carboxylic acids is 2. The Bertz CT molecular complexity index is 884. The second kappa shape index (κ2) is 10.9. The number of hydrogen-bond acceptors (Lipinski definition) is 5. The Kier molecular flexibility index (Phi) is 8.06. The molecule has 0 radical (unpaired) electrons. The lowest BCUT2D eigenvalue weighted by atomic mass is 10.1. The third-order valence-electron chi connectivity index (χ3n) is 5.28. The van der Waals surface area contributed by atoms with E-state index < -0.39 is 0 Å². The van der Waals surface area contributed by atoms with Crippen molar-refractivity contribution in [3.63, 3.8) is 0 Å². The minimum atomic E-state index is -0.190. The lowest BCUT2D eigenvalue weighted by Gasteiger charge is -2.36. The largest absolute Gasteiger partial charge is 0.352 e. The summed E-state index contributed by atoms with van der Waals surface area (Å²) in [4.78, 5) is 30.3. The van der Waals surface area contributed by atoms with E-state index in [0.29, 0.717) is 44.3 Å². The van der Waals surface area contributed by atoms with Crippen molar-refractivity contribution in [2.45, 2.75) is 20.3 Å². The highest BCUT2D eigenvalue weighted by Gasteiger charge is 2.24. The van der Waals surface area contributed by atoms with Crippen LogP contribution in [0.4, 0.5) is 10.6 Å². The van der Waals surface area contributed by atoms with Crippen molar-refractivity contribution in [3.05, 3.63) is 41.4 Å². The smallest absolute Gasteiger partial charge is 0.317 e. The zero-order chi connectivity index (χ0) is 22.2. The van der Waals surface area contributed by atoms with Gasteiger partial charge in [0.05, 0.1) is 10.7 Å². The summed E-state index contributed by atoms with van der Waals surface area (Å²) in [5, 5.41) is 12.1. The fourth-order valence-electron chi connectivity index (χ4n) is 3.43. The van der Waals surface area contributed by atoms with Crippen LogP contribution in [0.2, 0.25) is 5.02 Å². The van der Waals surface area contributed by atoms with Crippen LogP contribution >= 0.6 is 11.6 Å². The first-order valence-electron chi connectivity index (χ1n) is 10.7. The number of carbonyl (C=O) groups is 2. The van der Waals surface area contributed by atoms with Gasteiger partial charge in [0.2, 0.25) is 5.91 Å². The van der Waals surface area contributed by atoms with Crippen molar-refractivity contribution >= 4 is 29.4 Å². The number of likely N-dealkylation sites (N-methyl/N-ethyl adjacent to an activating group) is 1.